The van der Waals surface area contributed by atoms with Crippen LogP contribution in [0.3, 0.4) is 0 Å². The molecule has 2 heterocycles. The molecule has 0 unspecified atom stereocenters. The van der Waals surface area contributed by atoms with E-state index in [-0.39, 0.29) is 25.2 Å². The zero-order chi connectivity index (χ0) is 13.1. The summed E-state index contributed by atoms with van der Waals surface area (Å²) in [7, 11) is 0. The number of hydrazine groups is 1. The number of hydrogen-bond acceptors (Lipinski definition) is 8. The summed E-state index contributed by atoms with van der Waals surface area (Å²) in [4.78, 5) is 18.2. The lowest BCUT2D eigenvalue weighted by molar-refractivity contribution is -0.671. The molecule has 2 rings (SSSR count). The maximum Gasteiger partial charge on any atom is 0.239 e. The molecule has 2 aromatic rings. The summed E-state index contributed by atoms with van der Waals surface area (Å²) in [5.74, 6) is 0.0894. The van der Waals surface area contributed by atoms with Gasteiger partial charge in [-0.25, -0.2) is 29.4 Å². The molecule has 0 bridgehead atoms. The molecule has 0 aliphatic heterocycles. The zero-order valence-electron chi connectivity index (χ0n) is 9.12. The standard InChI is InChI=1S/C6H10N10O2/c7-5-9-1-13(11-5)3-15(16(17)18)4-14-2-10-6(8)12-14/h1-2H,3-4H2,(H2,7,11)(H2,8,12). The molecular weight excluding hydrogens is 244 g/mol. The molecule has 0 radical (unpaired) electrons. The molecule has 4 N–H and O–H groups in total. The second-order valence-electron chi connectivity index (χ2n) is 3.31. The average Bonchev–Trinajstić information content (AvgIpc) is 2.87. The van der Waals surface area contributed by atoms with E-state index < -0.39 is 5.03 Å². The van der Waals surface area contributed by atoms with Gasteiger partial charge in [-0.1, -0.05) is 5.01 Å². The minimum atomic E-state index is -0.588. The monoisotopic (exact) mass is 254 g/mol. The Labute approximate surface area is 99.9 Å². The third-order valence-electron chi connectivity index (χ3n) is 1.96. The summed E-state index contributed by atoms with van der Waals surface area (Å²) in [6, 6.07) is 0. The predicted octanol–water partition coefficient (Wildman–Crippen LogP) is -1.86. The van der Waals surface area contributed by atoms with Crippen LogP contribution < -0.4 is 11.5 Å². The van der Waals surface area contributed by atoms with E-state index in [0.717, 1.165) is 5.01 Å². The van der Waals surface area contributed by atoms with Crippen molar-refractivity contribution < 1.29 is 5.03 Å². The molecule has 0 amide bonds. The largest absolute Gasteiger partial charge is 0.367 e. The highest BCUT2D eigenvalue weighted by Crippen LogP contribution is 1.99. The van der Waals surface area contributed by atoms with Crippen molar-refractivity contribution in [3.05, 3.63) is 22.8 Å². The van der Waals surface area contributed by atoms with Crippen molar-refractivity contribution in [3.63, 3.8) is 0 Å². The Balaban J connectivity index is 2.06. The molecule has 0 atom stereocenters. The van der Waals surface area contributed by atoms with Gasteiger partial charge in [-0.3, -0.25) is 0 Å². The van der Waals surface area contributed by atoms with Crippen molar-refractivity contribution in [2.24, 2.45) is 0 Å². The van der Waals surface area contributed by atoms with Crippen LogP contribution in [0, 0.1) is 10.1 Å². The Bertz CT molecular complexity index is 504. The highest BCUT2D eigenvalue weighted by atomic mass is 16.7. The number of hydrogen-bond donors (Lipinski definition) is 2. The molecular formula is C6H10N10O2. The lowest BCUT2D eigenvalue weighted by atomic mass is 10.9. The number of nitrogens with two attached hydrogens (primary N) is 2. The summed E-state index contributed by atoms with van der Waals surface area (Å²) in [6.07, 6.45) is 2.59. The van der Waals surface area contributed by atoms with Gasteiger partial charge in [0.15, 0.2) is 18.4 Å². The first-order valence-electron chi connectivity index (χ1n) is 4.73. The van der Waals surface area contributed by atoms with E-state index in [1.165, 1.54) is 22.0 Å². The average molecular weight is 254 g/mol. The summed E-state index contributed by atoms with van der Waals surface area (Å²) in [5.41, 5.74) is 10.6. The van der Waals surface area contributed by atoms with Gasteiger partial charge in [0.1, 0.15) is 12.7 Å². The van der Waals surface area contributed by atoms with Gasteiger partial charge in [0.25, 0.3) is 0 Å². The number of nitro groups is 1. The molecule has 96 valence electrons. The van der Waals surface area contributed by atoms with Gasteiger partial charge in [0.2, 0.25) is 11.9 Å². The van der Waals surface area contributed by atoms with Gasteiger partial charge in [0.05, 0.1) is 0 Å². The number of rotatable bonds is 5. The van der Waals surface area contributed by atoms with Crippen molar-refractivity contribution in [3.8, 4) is 0 Å². The SMILES string of the molecule is Nc1ncn(CN(Cn2cnc(N)n2)[N+](=O)[O-])n1. The molecule has 0 aromatic carbocycles. The lowest BCUT2D eigenvalue weighted by Crippen LogP contribution is -2.34. The molecule has 0 spiro atoms. The van der Waals surface area contributed by atoms with Gasteiger partial charge in [0, 0.05) is 0 Å². The van der Waals surface area contributed by atoms with Crippen LogP contribution in [-0.4, -0.2) is 39.6 Å². The molecule has 0 saturated heterocycles. The molecule has 2 aromatic heterocycles. The van der Waals surface area contributed by atoms with Gasteiger partial charge in [-0.15, -0.1) is 10.2 Å². The van der Waals surface area contributed by atoms with Crippen LogP contribution in [0.15, 0.2) is 12.7 Å². The second kappa shape index (κ2) is 4.52. The van der Waals surface area contributed by atoms with E-state index in [9.17, 15) is 10.1 Å². The molecule has 0 fully saturated rings. The second-order valence-corrected chi connectivity index (χ2v) is 3.31. The maximum atomic E-state index is 10.9. The minimum absolute atomic E-state index is 0.0447. The minimum Gasteiger partial charge on any atom is -0.367 e. The van der Waals surface area contributed by atoms with Gasteiger partial charge < -0.3 is 11.5 Å². The number of nitrogens with zero attached hydrogens (tertiary/aromatic N) is 8. The maximum absolute atomic E-state index is 10.9. The Morgan fingerprint density at radius 1 is 1.17 bits per heavy atom. The van der Waals surface area contributed by atoms with Gasteiger partial charge in [-0.05, 0) is 0 Å². The summed E-state index contributed by atoms with van der Waals surface area (Å²) >= 11 is 0. The zero-order valence-corrected chi connectivity index (χ0v) is 9.12. The van der Waals surface area contributed by atoms with Crippen molar-refractivity contribution >= 4 is 11.9 Å². The van der Waals surface area contributed by atoms with Gasteiger partial charge in [-0.2, -0.15) is 0 Å². The van der Waals surface area contributed by atoms with Gasteiger partial charge >= 0.3 is 0 Å². The van der Waals surface area contributed by atoms with Crippen LogP contribution in [-0.2, 0) is 13.3 Å². The first-order chi connectivity index (χ1) is 8.54. The van der Waals surface area contributed by atoms with Crippen LogP contribution in [0.1, 0.15) is 0 Å². The molecule has 0 saturated carbocycles. The van der Waals surface area contributed by atoms with Crippen molar-refractivity contribution in [1.82, 2.24) is 34.5 Å². The third-order valence-corrected chi connectivity index (χ3v) is 1.96. The molecule has 18 heavy (non-hydrogen) atoms. The van der Waals surface area contributed by atoms with E-state index in [1.807, 2.05) is 0 Å². The fourth-order valence-electron chi connectivity index (χ4n) is 1.24. The molecule has 0 aliphatic carbocycles. The van der Waals surface area contributed by atoms with Crippen molar-refractivity contribution in [1.29, 1.82) is 0 Å². The van der Waals surface area contributed by atoms with Crippen LogP contribution in [0.25, 0.3) is 0 Å². The van der Waals surface area contributed by atoms with Crippen molar-refractivity contribution in [2.45, 2.75) is 13.3 Å². The van der Waals surface area contributed by atoms with E-state index in [0.29, 0.717) is 0 Å². The number of anilines is 2. The van der Waals surface area contributed by atoms with E-state index in [1.54, 1.807) is 0 Å². The fraction of sp³-hybridized carbons (Fsp3) is 0.333. The first-order valence-corrected chi connectivity index (χ1v) is 4.73. The van der Waals surface area contributed by atoms with E-state index in [2.05, 4.69) is 20.2 Å². The molecule has 0 aliphatic rings. The summed E-state index contributed by atoms with van der Waals surface area (Å²) < 4.78 is 2.47. The molecule has 12 heteroatoms. The Hall–Kier alpha value is -2.92. The third kappa shape index (κ3) is 2.60. The van der Waals surface area contributed by atoms with Crippen molar-refractivity contribution in [2.75, 3.05) is 11.5 Å². The topological polar surface area (TPSA) is 160 Å². The number of nitrogen functional groups attached to an aromatic ring is 2. The van der Waals surface area contributed by atoms with Crippen LogP contribution in [0.4, 0.5) is 11.9 Å². The predicted molar refractivity (Wildman–Crippen MR) is 57.7 cm³/mol. The highest BCUT2D eigenvalue weighted by molar-refractivity contribution is 5.09. The first kappa shape index (κ1) is 11.6. The van der Waals surface area contributed by atoms with E-state index in [4.69, 9.17) is 11.5 Å². The number of aromatic nitrogens is 6. The lowest BCUT2D eigenvalue weighted by Gasteiger charge is -2.13. The fourth-order valence-corrected chi connectivity index (χ4v) is 1.24. The normalized spacial score (nSPS) is 10.4. The quantitative estimate of drug-likeness (QED) is 0.460. The Kier molecular flexibility index (Phi) is 2.90. The summed E-state index contributed by atoms with van der Waals surface area (Å²) in [5, 5.41) is 18.6. The summed E-state index contributed by atoms with van der Waals surface area (Å²) in [6.45, 7) is -0.256. The Morgan fingerprint density at radius 3 is 1.89 bits per heavy atom. The Morgan fingerprint density at radius 2 is 1.61 bits per heavy atom. The molecule has 12 nitrogen and oxygen atoms in total. The smallest absolute Gasteiger partial charge is 0.239 e. The van der Waals surface area contributed by atoms with Crippen LogP contribution >= 0.6 is 0 Å². The van der Waals surface area contributed by atoms with Crippen LogP contribution in [0.2, 0.25) is 0 Å². The van der Waals surface area contributed by atoms with Crippen LogP contribution in [0.5, 0.6) is 0 Å². The van der Waals surface area contributed by atoms with E-state index >= 15 is 0 Å². The highest BCUT2D eigenvalue weighted by Gasteiger charge is 2.17.